The minimum absolute atomic E-state index is 0.0519. The molecule has 8 heteroatoms. The first kappa shape index (κ1) is 19.3. The number of aryl methyl sites for hydroxylation is 1. The fourth-order valence-corrected chi connectivity index (χ4v) is 5.43. The molecule has 1 aliphatic heterocycles. The van der Waals surface area contributed by atoms with Crippen LogP contribution in [0, 0.1) is 19.8 Å². The first-order valence-electron chi connectivity index (χ1n) is 8.30. The van der Waals surface area contributed by atoms with Gasteiger partial charge in [-0.05, 0) is 33.1 Å². The molecule has 2 rings (SSSR count). The lowest BCUT2D eigenvalue weighted by atomic mass is 10.2. The molecule has 2 atom stereocenters. The third kappa shape index (κ3) is 4.75. The number of carbonyl (C=O) groups excluding carboxylic acids is 1. The highest BCUT2D eigenvalue weighted by Gasteiger charge is 2.30. The van der Waals surface area contributed by atoms with Gasteiger partial charge in [0.25, 0.3) is 0 Å². The summed E-state index contributed by atoms with van der Waals surface area (Å²) in [4.78, 5) is 17.0. The lowest BCUT2D eigenvalue weighted by Crippen LogP contribution is -2.40. The number of hydrogen-bond acceptors (Lipinski definition) is 5. The molecule has 1 fully saturated rings. The van der Waals surface area contributed by atoms with Crippen LogP contribution in [0.1, 0.15) is 38.6 Å². The summed E-state index contributed by atoms with van der Waals surface area (Å²) in [6.07, 6.45) is 0.506. The fourth-order valence-electron chi connectivity index (χ4n) is 2.73. The van der Waals surface area contributed by atoms with Gasteiger partial charge in [0.05, 0.1) is 22.4 Å². The molecule has 6 nitrogen and oxygen atoms in total. The largest absolute Gasteiger partial charge is 0.351 e. The van der Waals surface area contributed by atoms with Gasteiger partial charge in [-0.3, -0.25) is 4.79 Å². The Bertz CT molecular complexity index is 710. The molecule has 0 spiro atoms. The predicted molar refractivity (Wildman–Crippen MR) is 97.1 cm³/mol. The molecule has 24 heavy (non-hydrogen) atoms. The number of nitrogens with zero attached hydrogens (tertiary/aromatic N) is 2. The maximum atomic E-state index is 12.4. The van der Waals surface area contributed by atoms with Crippen LogP contribution in [0.15, 0.2) is 5.16 Å². The predicted octanol–water partition coefficient (Wildman–Crippen LogP) is 1.94. The quantitative estimate of drug-likeness (QED) is 0.771. The van der Waals surface area contributed by atoms with E-state index in [0.29, 0.717) is 12.3 Å². The number of aromatic nitrogens is 2. The summed E-state index contributed by atoms with van der Waals surface area (Å²) in [5.41, 5.74) is 2.10. The third-order valence-electron chi connectivity index (χ3n) is 4.20. The number of amides is 1. The lowest BCUT2D eigenvalue weighted by molar-refractivity contribution is -0.120. The topological polar surface area (TPSA) is 81.1 Å². The zero-order chi connectivity index (χ0) is 18.1. The van der Waals surface area contributed by atoms with Crippen molar-refractivity contribution < 1.29 is 13.2 Å². The van der Waals surface area contributed by atoms with Gasteiger partial charge < -0.3 is 9.88 Å². The molecule has 0 bridgehead atoms. The van der Waals surface area contributed by atoms with Crippen molar-refractivity contribution in [2.75, 3.05) is 11.5 Å². The maximum absolute atomic E-state index is 12.4. The molecule has 0 unspecified atom stereocenters. The van der Waals surface area contributed by atoms with Crippen molar-refractivity contribution in [2.45, 2.75) is 64.0 Å². The van der Waals surface area contributed by atoms with Crippen LogP contribution in [0.3, 0.4) is 0 Å². The van der Waals surface area contributed by atoms with Gasteiger partial charge in [-0.25, -0.2) is 13.4 Å². The maximum Gasteiger partial charge on any atom is 0.233 e. The Kier molecular flexibility index (Phi) is 6.01. The van der Waals surface area contributed by atoms with Gasteiger partial charge in [0.2, 0.25) is 5.91 Å². The Morgan fingerprint density at radius 1 is 1.38 bits per heavy atom. The minimum atomic E-state index is -2.99. The Balaban J connectivity index is 2.02. The fraction of sp³-hybridized carbons (Fsp3) is 0.750. The van der Waals surface area contributed by atoms with E-state index in [1.165, 1.54) is 11.8 Å². The second-order valence-electron chi connectivity index (χ2n) is 6.94. The van der Waals surface area contributed by atoms with Gasteiger partial charge >= 0.3 is 0 Å². The monoisotopic (exact) mass is 373 g/mol. The molecule has 0 saturated carbocycles. The van der Waals surface area contributed by atoms with Gasteiger partial charge in [-0.2, -0.15) is 0 Å². The number of imidazole rings is 1. The zero-order valence-corrected chi connectivity index (χ0v) is 16.6. The second-order valence-corrected chi connectivity index (χ2v) is 10.5. The Morgan fingerprint density at radius 3 is 2.58 bits per heavy atom. The summed E-state index contributed by atoms with van der Waals surface area (Å²) >= 11 is 1.43. The molecule has 0 aromatic carbocycles. The number of rotatable bonds is 6. The van der Waals surface area contributed by atoms with Crippen molar-refractivity contribution in [1.29, 1.82) is 0 Å². The lowest BCUT2D eigenvalue weighted by Gasteiger charge is -2.17. The number of thioether (sulfide) groups is 1. The van der Waals surface area contributed by atoms with Crippen LogP contribution in [-0.2, 0) is 21.2 Å². The Hall–Kier alpha value is -1.02. The van der Waals surface area contributed by atoms with E-state index in [1.54, 1.807) is 0 Å². The van der Waals surface area contributed by atoms with Crippen molar-refractivity contribution in [3.8, 4) is 0 Å². The van der Waals surface area contributed by atoms with Crippen LogP contribution in [0.4, 0.5) is 0 Å². The normalized spacial score (nSPS) is 21.2. The first-order valence-corrected chi connectivity index (χ1v) is 11.0. The van der Waals surface area contributed by atoms with Crippen LogP contribution < -0.4 is 5.32 Å². The van der Waals surface area contributed by atoms with Crippen LogP contribution in [0.25, 0.3) is 0 Å². The molecule has 1 saturated heterocycles. The molecule has 1 aromatic heterocycles. The van der Waals surface area contributed by atoms with Crippen molar-refractivity contribution >= 4 is 27.5 Å². The van der Waals surface area contributed by atoms with Crippen molar-refractivity contribution in [1.82, 2.24) is 14.9 Å². The van der Waals surface area contributed by atoms with Crippen LogP contribution in [0.2, 0.25) is 0 Å². The third-order valence-corrected chi connectivity index (χ3v) is 7.06. The number of hydrogen-bond donors (Lipinski definition) is 1. The molecule has 0 aliphatic carbocycles. The first-order chi connectivity index (χ1) is 11.1. The smallest absolute Gasteiger partial charge is 0.233 e. The van der Waals surface area contributed by atoms with Crippen LogP contribution in [0.5, 0.6) is 0 Å². The molecule has 1 aromatic rings. The van der Waals surface area contributed by atoms with Gasteiger partial charge in [0, 0.05) is 18.3 Å². The zero-order valence-electron chi connectivity index (χ0n) is 15.0. The van der Waals surface area contributed by atoms with Crippen molar-refractivity contribution in [2.24, 2.45) is 5.92 Å². The van der Waals surface area contributed by atoms with Crippen LogP contribution >= 0.6 is 11.8 Å². The van der Waals surface area contributed by atoms with E-state index >= 15 is 0 Å². The molecule has 1 amide bonds. The molecular weight excluding hydrogens is 346 g/mol. The standard InChI is InChI=1S/C16H27N3O3S2/c1-10(2)8-19-12(4)11(3)17-16(19)23-13(5)15(20)18-14-6-7-24(21,22)9-14/h10,13-14H,6-9H2,1-5H3,(H,18,20)/t13-,14-/m1/s1. The molecular formula is C16H27N3O3S2. The van der Waals surface area contributed by atoms with Crippen molar-refractivity contribution in [3.05, 3.63) is 11.4 Å². The Morgan fingerprint density at radius 2 is 2.04 bits per heavy atom. The van der Waals surface area contributed by atoms with Gasteiger partial charge in [0.1, 0.15) is 0 Å². The van der Waals surface area contributed by atoms with E-state index in [4.69, 9.17) is 0 Å². The summed E-state index contributed by atoms with van der Waals surface area (Å²) in [6.45, 7) is 11.0. The van der Waals surface area contributed by atoms with Gasteiger partial charge in [-0.1, -0.05) is 25.6 Å². The van der Waals surface area contributed by atoms with E-state index in [0.717, 1.165) is 23.1 Å². The van der Waals surface area contributed by atoms with Crippen LogP contribution in [-0.4, -0.2) is 46.7 Å². The molecule has 1 N–H and O–H groups in total. The summed E-state index contributed by atoms with van der Waals surface area (Å²) < 4.78 is 25.2. The Labute approximate surface area is 148 Å². The summed E-state index contributed by atoms with van der Waals surface area (Å²) in [6, 6.07) is -0.260. The van der Waals surface area contributed by atoms with Gasteiger partial charge in [0.15, 0.2) is 15.0 Å². The van der Waals surface area contributed by atoms with Gasteiger partial charge in [-0.15, -0.1) is 0 Å². The molecule has 0 radical (unpaired) electrons. The highest BCUT2D eigenvalue weighted by Crippen LogP contribution is 2.26. The molecule has 2 heterocycles. The van der Waals surface area contributed by atoms with E-state index in [2.05, 4.69) is 28.7 Å². The number of nitrogens with one attached hydrogen (secondary N) is 1. The summed E-state index contributed by atoms with van der Waals surface area (Å²) in [5, 5.41) is 3.39. The number of sulfone groups is 1. The van der Waals surface area contributed by atoms with Crippen molar-refractivity contribution in [3.63, 3.8) is 0 Å². The SMILES string of the molecule is Cc1nc(S[C@H](C)C(=O)N[C@@H]2CCS(=O)(=O)C2)n(CC(C)C)c1C. The second kappa shape index (κ2) is 7.47. The highest BCUT2D eigenvalue weighted by atomic mass is 32.2. The van der Waals surface area contributed by atoms with E-state index in [1.807, 2.05) is 20.8 Å². The number of carbonyl (C=O) groups is 1. The van der Waals surface area contributed by atoms with E-state index < -0.39 is 9.84 Å². The summed E-state index contributed by atoms with van der Waals surface area (Å²) in [7, 11) is -2.99. The average molecular weight is 374 g/mol. The minimum Gasteiger partial charge on any atom is -0.351 e. The van der Waals surface area contributed by atoms with E-state index in [-0.39, 0.29) is 28.7 Å². The van der Waals surface area contributed by atoms with E-state index in [9.17, 15) is 13.2 Å². The molecule has 136 valence electrons. The average Bonchev–Trinajstić information content (AvgIpc) is 2.92. The highest BCUT2D eigenvalue weighted by molar-refractivity contribution is 8.00. The summed E-state index contributed by atoms with van der Waals surface area (Å²) in [5.74, 6) is 0.577. The molecule has 1 aliphatic rings.